The number of benzene rings is 1. The van der Waals surface area contributed by atoms with E-state index in [1.807, 2.05) is 4.90 Å². The van der Waals surface area contributed by atoms with E-state index in [4.69, 9.17) is 0 Å². The summed E-state index contributed by atoms with van der Waals surface area (Å²) in [7, 11) is -0.590. The molecule has 1 aromatic rings. The predicted octanol–water partition coefficient (Wildman–Crippen LogP) is 1.33. The van der Waals surface area contributed by atoms with E-state index in [0.717, 1.165) is 10.7 Å². The fourth-order valence-corrected chi connectivity index (χ4v) is 3.34. The van der Waals surface area contributed by atoms with Gasteiger partial charge in [-0.2, -0.15) is 17.4 Å². The van der Waals surface area contributed by atoms with E-state index in [-0.39, 0.29) is 18.2 Å². The maximum absolute atomic E-state index is 13.7. The van der Waals surface area contributed by atoms with Gasteiger partial charge in [0.2, 0.25) is 0 Å². The Morgan fingerprint density at radius 1 is 1.32 bits per heavy atom. The average molecular weight is 333 g/mol. The number of nitrogens with zero attached hydrogens (tertiary/aromatic N) is 2. The molecule has 8 heteroatoms. The first-order valence-electron chi connectivity index (χ1n) is 7.14. The molecule has 1 aromatic carbocycles. The van der Waals surface area contributed by atoms with Gasteiger partial charge in [-0.1, -0.05) is 6.07 Å². The molecule has 0 spiro atoms. The van der Waals surface area contributed by atoms with Crippen LogP contribution in [0, 0.1) is 11.6 Å². The van der Waals surface area contributed by atoms with Gasteiger partial charge < -0.3 is 0 Å². The molecule has 124 valence electrons. The number of piperidine rings is 1. The van der Waals surface area contributed by atoms with Gasteiger partial charge in [0, 0.05) is 38.8 Å². The summed E-state index contributed by atoms with van der Waals surface area (Å²) in [6, 6.07) is 3.54. The summed E-state index contributed by atoms with van der Waals surface area (Å²) >= 11 is 0. The topological polar surface area (TPSA) is 52.7 Å². The highest BCUT2D eigenvalue weighted by Gasteiger charge is 2.26. The Morgan fingerprint density at radius 2 is 1.95 bits per heavy atom. The van der Waals surface area contributed by atoms with Gasteiger partial charge in [0.05, 0.1) is 0 Å². The second-order valence-corrected chi connectivity index (χ2v) is 7.60. The van der Waals surface area contributed by atoms with Crippen LogP contribution in [-0.4, -0.2) is 50.8 Å². The highest BCUT2D eigenvalue weighted by Crippen LogP contribution is 2.18. The largest absolute Gasteiger partial charge is 0.297 e. The van der Waals surface area contributed by atoms with E-state index in [2.05, 4.69) is 4.72 Å². The molecular weight excluding hydrogens is 312 g/mol. The maximum atomic E-state index is 13.7. The van der Waals surface area contributed by atoms with Crippen molar-refractivity contribution in [3.63, 3.8) is 0 Å². The van der Waals surface area contributed by atoms with Gasteiger partial charge in [0.1, 0.15) is 11.6 Å². The van der Waals surface area contributed by atoms with E-state index in [0.29, 0.717) is 19.5 Å². The number of nitrogens with one attached hydrogen (secondary N) is 1. The van der Waals surface area contributed by atoms with E-state index in [1.165, 1.54) is 32.3 Å². The standard InChI is InChI=1S/C14H21F2N3O2S/c1-18(2)22(20,21)17-11-5-4-8-19(9-11)10-12-13(15)6-3-7-14(12)16/h3,6-7,11,17H,4-5,8-10H2,1-2H3. The molecule has 0 amide bonds. The van der Waals surface area contributed by atoms with Gasteiger partial charge >= 0.3 is 0 Å². The van der Waals surface area contributed by atoms with Crippen LogP contribution in [0.3, 0.4) is 0 Å². The Balaban J connectivity index is 2.02. The highest BCUT2D eigenvalue weighted by molar-refractivity contribution is 7.87. The molecule has 0 saturated carbocycles. The molecule has 1 fully saturated rings. The number of hydrogen-bond donors (Lipinski definition) is 1. The third-order valence-electron chi connectivity index (χ3n) is 3.75. The van der Waals surface area contributed by atoms with Crippen molar-refractivity contribution in [1.82, 2.24) is 13.9 Å². The predicted molar refractivity (Wildman–Crippen MR) is 80.4 cm³/mol. The lowest BCUT2D eigenvalue weighted by molar-refractivity contribution is 0.189. The van der Waals surface area contributed by atoms with E-state index >= 15 is 0 Å². The average Bonchev–Trinajstić information content (AvgIpc) is 2.43. The molecule has 2 rings (SSSR count). The molecule has 1 heterocycles. The molecule has 1 atom stereocenters. The zero-order valence-corrected chi connectivity index (χ0v) is 13.5. The van der Waals surface area contributed by atoms with Crippen LogP contribution < -0.4 is 4.72 Å². The first-order valence-corrected chi connectivity index (χ1v) is 8.58. The molecule has 0 bridgehead atoms. The molecule has 1 unspecified atom stereocenters. The van der Waals surface area contributed by atoms with Gasteiger partial charge in [-0.05, 0) is 31.5 Å². The Kier molecular flexibility index (Phi) is 5.49. The normalized spacial score (nSPS) is 20.5. The van der Waals surface area contributed by atoms with Crippen molar-refractivity contribution >= 4 is 10.2 Å². The first kappa shape index (κ1) is 17.3. The minimum atomic E-state index is -3.50. The van der Waals surface area contributed by atoms with Crippen molar-refractivity contribution in [3.05, 3.63) is 35.4 Å². The van der Waals surface area contributed by atoms with Crippen molar-refractivity contribution in [3.8, 4) is 0 Å². The van der Waals surface area contributed by atoms with Crippen molar-refractivity contribution in [2.75, 3.05) is 27.2 Å². The molecule has 1 N–H and O–H groups in total. The monoisotopic (exact) mass is 333 g/mol. The fraction of sp³-hybridized carbons (Fsp3) is 0.571. The summed E-state index contributed by atoms with van der Waals surface area (Å²) < 4.78 is 54.8. The second-order valence-electron chi connectivity index (χ2n) is 5.68. The quantitative estimate of drug-likeness (QED) is 0.884. The number of halogens is 2. The molecule has 0 radical (unpaired) electrons. The van der Waals surface area contributed by atoms with E-state index in [9.17, 15) is 17.2 Å². The SMILES string of the molecule is CN(C)S(=O)(=O)NC1CCCN(Cc2c(F)cccc2F)C1. The van der Waals surface area contributed by atoms with Gasteiger partial charge in [0.25, 0.3) is 10.2 Å². The van der Waals surface area contributed by atoms with E-state index in [1.54, 1.807) is 0 Å². The van der Waals surface area contributed by atoms with E-state index < -0.39 is 21.8 Å². The van der Waals surface area contributed by atoms with Crippen molar-refractivity contribution in [2.24, 2.45) is 0 Å². The lowest BCUT2D eigenvalue weighted by Gasteiger charge is -2.33. The highest BCUT2D eigenvalue weighted by atomic mass is 32.2. The molecular formula is C14H21F2N3O2S. The summed E-state index contributed by atoms with van der Waals surface area (Å²) in [6.45, 7) is 1.26. The van der Waals surface area contributed by atoms with Crippen molar-refractivity contribution in [1.29, 1.82) is 0 Å². The zero-order chi connectivity index (χ0) is 16.3. The molecule has 1 aliphatic heterocycles. The van der Waals surface area contributed by atoms with Crippen LogP contribution in [0.25, 0.3) is 0 Å². The van der Waals surface area contributed by atoms with Crippen LogP contribution >= 0.6 is 0 Å². The minimum Gasteiger partial charge on any atom is -0.297 e. The van der Waals surface area contributed by atoms with Crippen LogP contribution in [0.2, 0.25) is 0 Å². The molecule has 22 heavy (non-hydrogen) atoms. The van der Waals surface area contributed by atoms with Crippen LogP contribution in [0.4, 0.5) is 8.78 Å². The molecule has 0 aliphatic carbocycles. The second kappa shape index (κ2) is 6.99. The Morgan fingerprint density at radius 3 is 2.55 bits per heavy atom. The first-order chi connectivity index (χ1) is 10.3. The summed E-state index contributed by atoms with van der Waals surface area (Å²) in [6.07, 6.45) is 1.49. The number of hydrogen-bond acceptors (Lipinski definition) is 3. The lowest BCUT2D eigenvalue weighted by Crippen LogP contribution is -2.50. The third kappa shape index (κ3) is 4.22. The lowest BCUT2D eigenvalue weighted by atomic mass is 10.1. The van der Waals surface area contributed by atoms with Gasteiger partial charge in [-0.25, -0.2) is 8.78 Å². The van der Waals surface area contributed by atoms with Crippen LogP contribution in [0.5, 0.6) is 0 Å². The van der Waals surface area contributed by atoms with Crippen molar-refractivity contribution < 1.29 is 17.2 Å². The fourth-order valence-electron chi connectivity index (χ4n) is 2.52. The van der Waals surface area contributed by atoms with Gasteiger partial charge in [-0.3, -0.25) is 4.90 Å². The minimum absolute atomic E-state index is 0.0265. The summed E-state index contributed by atoms with van der Waals surface area (Å²) in [4.78, 5) is 1.87. The van der Waals surface area contributed by atoms with Crippen molar-refractivity contribution in [2.45, 2.75) is 25.4 Å². The molecule has 5 nitrogen and oxygen atoms in total. The third-order valence-corrected chi connectivity index (χ3v) is 5.34. The van der Waals surface area contributed by atoms with Crippen LogP contribution in [-0.2, 0) is 16.8 Å². The maximum Gasteiger partial charge on any atom is 0.279 e. The van der Waals surface area contributed by atoms with Gasteiger partial charge in [-0.15, -0.1) is 0 Å². The zero-order valence-electron chi connectivity index (χ0n) is 12.7. The summed E-state index contributed by atoms with van der Waals surface area (Å²) in [5, 5.41) is 0. The summed E-state index contributed by atoms with van der Waals surface area (Å²) in [5.41, 5.74) is 0.0265. The molecule has 0 aromatic heterocycles. The van der Waals surface area contributed by atoms with Crippen LogP contribution in [0.1, 0.15) is 18.4 Å². The van der Waals surface area contributed by atoms with Crippen LogP contribution in [0.15, 0.2) is 18.2 Å². The Labute approximate surface area is 130 Å². The smallest absolute Gasteiger partial charge is 0.279 e. The number of likely N-dealkylation sites (tertiary alicyclic amines) is 1. The molecule has 1 saturated heterocycles. The Bertz CT molecular complexity index is 602. The molecule has 1 aliphatic rings. The Hall–Kier alpha value is -1.09. The van der Waals surface area contributed by atoms with Gasteiger partial charge in [0.15, 0.2) is 0 Å². The summed E-state index contributed by atoms with van der Waals surface area (Å²) in [5.74, 6) is -1.15. The number of rotatable bonds is 5.